The van der Waals surface area contributed by atoms with Gasteiger partial charge in [-0.1, -0.05) is 19.9 Å². The zero-order chi connectivity index (χ0) is 17.3. The maximum absolute atomic E-state index is 11.9. The molecule has 0 saturated heterocycles. The van der Waals surface area contributed by atoms with Gasteiger partial charge in [0.05, 0.1) is 21.3 Å². The van der Waals surface area contributed by atoms with E-state index in [1.807, 2.05) is 32.9 Å². The molecule has 0 amide bonds. The minimum Gasteiger partial charge on any atom is -0.496 e. The molecule has 0 heterocycles. The van der Waals surface area contributed by atoms with Gasteiger partial charge in [-0.05, 0) is 29.9 Å². The molecule has 0 spiro atoms. The van der Waals surface area contributed by atoms with Crippen molar-refractivity contribution in [2.45, 2.75) is 26.7 Å². The van der Waals surface area contributed by atoms with Crippen molar-refractivity contribution in [2.24, 2.45) is 0 Å². The van der Waals surface area contributed by atoms with E-state index >= 15 is 0 Å². The van der Waals surface area contributed by atoms with Crippen molar-refractivity contribution in [2.75, 3.05) is 21.3 Å². The highest BCUT2D eigenvalue weighted by molar-refractivity contribution is 6.11. The normalized spacial score (nSPS) is 10.9. The van der Waals surface area contributed by atoms with Gasteiger partial charge in [-0.2, -0.15) is 0 Å². The van der Waals surface area contributed by atoms with Gasteiger partial charge in [0, 0.05) is 10.9 Å². The lowest BCUT2D eigenvalue weighted by Gasteiger charge is -2.22. The van der Waals surface area contributed by atoms with Gasteiger partial charge in [0.2, 0.25) is 0 Å². The van der Waals surface area contributed by atoms with Crippen LogP contribution >= 0.6 is 0 Å². The Hall–Kier alpha value is -2.43. The highest BCUT2D eigenvalue weighted by Crippen LogP contribution is 2.47. The maximum atomic E-state index is 11.9. The van der Waals surface area contributed by atoms with Crippen LogP contribution in [0.15, 0.2) is 12.1 Å². The van der Waals surface area contributed by atoms with E-state index in [4.69, 9.17) is 14.2 Å². The fraction of sp³-hybridized carbons (Fsp3) is 0.389. The van der Waals surface area contributed by atoms with Crippen LogP contribution in [0.3, 0.4) is 0 Å². The number of carboxylic acid groups (broad SMARTS) is 1. The second-order valence-corrected chi connectivity index (χ2v) is 5.70. The van der Waals surface area contributed by atoms with Crippen molar-refractivity contribution < 1.29 is 24.1 Å². The minimum absolute atomic E-state index is 0.0561. The molecular weight excluding hydrogens is 296 g/mol. The number of aryl methyl sites for hydroxylation is 1. The lowest BCUT2D eigenvalue weighted by Crippen LogP contribution is -2.08. The molecule has 5 heteroatoms. The summed E-state index contributed by atoms with van der Waals surface area (Å²) in [6.07, 6.45) is 0. The van der Waals surface area contributed by atoms with Crippen LogP contribution in [-0.2, 0) is 0 Å². The van der Waals surface area contributed by atoms with Crippen LogP contribution in [-0.4, -0.2) is 32.4 Å². The Bertz CT molecular complexity index is 762. The number of benzene rings is 2. The minimum atomic E-state index is -1.08. The fourth-order valence-electron chi connectivity index (χ4n) is 3.03. The van der Waals surface area contributed by atoms with Gasteiger partial charge in [0.1, 0.15) is 11.3 Å². The molecule has 0 fully saturated rings. The number of aromatic carboxylic acids is 1. The van der Waals surface area contributed by atoms with Gasteiger partial charge in [-0.25, -0.2) is 4.79 Å². The molecule has 0 bridgehead atoms. The van der Waals surface area contributed by atoms with Gasteiger partial charge >= 0.3 is 5.97 Å². The molecule has 0 aliphatic rings. The Morgan fingerprint density at radius 1 is 1.04 bits per heavy atom. The van der Waals surface area contributed by atoms with Crippen molar-refractivity contribution in [1.29, 1.82) is 0 Å². The van der Waals surface area contributed by atoms with E-state index in [1.54, 1.807) is 0 Å². The molecule has 1 N–H and O–H groups in total. The van der Waals surface area contributed by atoms with E-state index in [0.717, 1.165) is 16.5 Å². The molecule has 2 aromatic rings. The van der Waals surface area contributed by atoms with E-state index in [1.165, 1.54) is 21.3 Å². The number of ether oxygens (including phenoxy) is 3. The Balaban J connectivity index is 3.19. The molecule has 2 rings (SSSR count). The SMILES string of the molecule is COc1c(OC)c(C(=O)O)c2c(OC)cc(C)cc2c1C(C)C. The van der Waals surface area contributed by atoms with Crippen LogP contribution < -0.4 is 14.2 Å². The molecule has 0 unspecified atom stereocenters. The van der Waals surface area contributed by atoms with Crippen LogP contribution in [0.4, 0.5) is 0 Å². The van der Waals surface area contributed by atoms with Crippen LogP contribution in [0.25, 0.3) is 10.8 Å². The summed E-state index contributed by atoms with van der Waals surface area (Å²) in [7, 11) is 4.50. The Labute approximate surface area is 135 Å². The largest absolute Gasteiger partial charge is 0.496 e. The first-order valence-corrected chi connectivity index (χ1v) is 7.36. The van der Waals surface area contributed by atoms with Crippen LogP contribution in [0, 0.1) is 6.92 Å². The highest BCUT2D eigenvalue weighted by Gasteiger charge is 2.28. The highest BCUT2D eigenvalue weighted by atomic mass is 16.5. The number of methoxy groups -OCH3 is 3. The average Bonchev–Trinajstić information content (AvgIpc) is 2.50. The first-order valence-electron chi connectivity index (χ1n) is 7.36. The second kappa shape index (κ2) is 6.36. The monoisotopic (exact) mass is 318 g/mol. The summed E-state index contributed by atoms with van der Waals surface area (Å²) in [6.45, 7) is 6.02. The van der Waals surface area contributed by atoms with Crippen LogP contribution in [0.1, 0.15) is 41.3 Å². The zero-order valence-electron chi connectivity index (χ0n) is 14.3. The van der Waals surface area contributed by atoms with Crippen molar-refractivity contribution in [3.05, 3.63) is 28.8 Å². The number of fused-ring (bicyclic) bond motifs is 1. The summed E-state index contributed by atoms with van der Waals surface area (Å²) in [6, 6.07) is 3.78. The maximum Gasteiger partial charge on any atom is 0.340 e. The van der Waals surface area contributed by atoms with Crippen LogP contribution in [0.2, 0.25) is 0 Å². The first kappa shape index (κ1) is 16.9. The standard InChI is InChI=1S/C18H22O5/c1-9(2)13-11-7-10(3)8-12(21-4)14(11)15(18(19)20)17(23-6)16(13)22-5/h7-9H,1-6H3,(H,19,20). The van der Waals surface area contributed by atoms with Gasteiger partial charge in [-0.3, -0.25) is 0 Å². The molecule has 0 radical (unpaired) electrons. The number of hydrogen-bond acceptors (Lipinski definition) is 4. The molecule has 0 saturated carbocycles. The van der Waals surface area contributed by atoms with Crippen molar-refractivity contribution in [1.82, 2.24) is 0 Å². The number of carbonyl (C=O) groups is 1. The van der Waals surface area contributed by atoms with E-state index in [0.29, 0.717) is 16.9 Å². The molecule has 5 nitrogen and oxygen atoms in total. The Morgan fingerprint density at radius 3 is 2.09 bits per heavy atom. The van der Waals surface area contributed by atoms with Crippen molar-refractivity contribution >= 4 is 16.7 Å². The quantitative estimate of drug-likeness (QED) is 0.903. The number of rotatable bonds is 5. The van der Waals surface area contributed by atoms with Crippen LogP contribution in [0.5, 0.6) is 17.2 Å². The van der Waals surface area contributed by atoms with E-state index in [9.17, 15) is 9.90 Å². The van der Waals surface area contributed by atoms with Gasteiger partial charge in [0.15, 0.2) is 11.5 Å². The summed E-state index contributed by atoms with van der Waals surface area (Å²) in [4.78, 5) is 11.9. The summed E-state index contributed by atoms with van der Waals surface area (Å²) in [5.74, 6) is 0.233. The summed E-state index contributed by atoms with van der Waals surface area (Å²) < 4.78 is 16.4. The topological polar surface area (TPSA) is 65.0 Å². The molecule has 0 aromatic heterocycles. The summed E-state index contributed by atoms with van der Waals surface area (Å²) >= 11 is 0. The fourth-order valence-corrected chi connectivity index (χ4v) is 3.03. The predicted molar refractivity (Wildman–Crippen MR) is 89.4 cm³/mol. The molecule has 2 aromatic carbocycles. The Kier molecular flexibility index (Phi) is 4.68. The number of hydrogen-bond donors (Lipinski definition) is 1. The Morgan fingerprint density at radius 2 is 1.65 bits per heavy atom. The van der Waals surface area contributed by atoms with Crippen molar-refractivity contribution in [3.63, 3.8) is 0 Å². The third-order valence-electron chi connectivity index (χ3n) is 3.88. The van der Waals surface area contributed by atoms with Crippen molar-refractivity contribution in [3.8, 4) is 17.2 Å². The zero-order valence-corrected chi connectivity index (χ0v) is 14.3. The molecule has 124 valence electrons. The smallest absolute Gasteiger partial charge is 0.340 e. The lowest BCUT2D eigenvalue weighted by atomic mass is 9.89. The van der Waals surface area contributed by atoms with Gasteiger partial charge < -0.3 is 19.3 Å². The predicted octanol–water partition coefficient (Wildman–Crippen LogP) is 4.00. The second-order valence-electron chi connectivity index (χ2n) is 5.70. The third-order valence-corrected chi connectivity index (χ3v) is 3.88. The van der Waals surface area contributed by atoms with E-state index < -0.39 is 5.97 Å². The average molecular weight is 318 g/mol. The third kappa shape index (κ3) is 2.67. The van der Waals surface area contributed by atoms with E-state index in [2.05, 4.69) is 0 Å². The molecule has 0 aliphatic carbocycles. The van der Waals surface area contributed by atoms with Gasteiger partial charge in [-0.15, -0.1) is 0 Å². The van der Waals surface area contributed by atoms with Gasteiger partial charge in [0.25, 0.3) is 0 Å². The number of carboxylic acids is 1. The first-order chi connectivity index (χ1) is 10.9. The molecule has 23 heavy (non-hydrogen) atoms. The van der Waals surface area contributed by atoms with E-state index in [-0.39, 0.29) is 17.2 Å². The molecular formula is C18H22O5. The lowest BCUT2D eigenvalue weighted by molar-refractivity contribution is 0.0694. The summed E-state index contributed by atoms with van der Waals surface area (Å²) in [5.41, 5.74) is 1.95. The summed E-state index contributed by atoms with van der Waals surface area (Å²) in [5, 5.41) is 11.1. The molecule has 0 aliphatic heterocycles. The molecule has 0 atom stereocenters.